The number of hydrogen-bond donors (Lipinski definition) is 1. The largest absolute Gasteiger partial charge is 0.481 e. The summed E-state index contributed by atoms with van der Waals surface area (Å²) in [5, 5.41) is 10.8. The zero-order chi connectivity index (χ0) is 12.3. The Morgan fingerprint density at radius 2 is 1.88 bits per heavy atom. The molecule has 0 saturated heterocycles. The average Bonchev–Trinajstić information content (AvgIpc) is 2.39. The van der Waals surface area contributed by atoms with Crippen LogP contribution in [0.5, 0.6) is 5.88 Å². The third-order valence-corrected chi connectivity index (χ3v) is 2.67. The van der Waals surface area contributed by atoms with Gasteiger partial charge in [0, 0.05) is 11.1 Å². The third-order valence-electron chi connectivity index (χ3n) is 2.42. The lowest BCUT2D eigenvalue weighted by molar-refractivity contribution is 0.214. The highest BCUT2D eigenvalue weighted by atomic mass is 35.5. The van der Waals surface area contributed by atoms with Gasteiger partial charge in [-0.3, -0.25) is 0 Å². The minimum absolute atomic E-state index is 0.482. The Morgan fingerprint density at radius 1 is 1.18 bits per heavy atom. The molecule has 0 fully saturated rings. The second kappa shape index (κ2) is 5.17. The molecule has 2 rings (SSSR count). The van der Waals surface area contributed by atoms with Crippen molar-refractivity contribution in [2.45, 2.75) is 6.10 Å². The molecular formula is C13H12ClNO2. The number of pyridine rings is 1. The number of ether oxygens (including phenoxy) is 1. The fourth-order valence-electron chi connectivity index (χ4n) is 1.51. The van der Waals surface area contributed by atoms with E-state index in [1.165, 1.54) is 0 Å². The first-order valence-corrected chi connectivity index (χ1v) is 5.53. The molecule has 0 saturated carbocycles. The topological polar surface area (TPSA) is 42.4 Å². The Kier molecular flexibility index (Phi) is 3.61. The number of benzene rings is 1. The van der Waals surface area contributed by atoms with E-state index in [0.29, 0.717) is 16.6 Å². The lowest BCUT2D eigenvalue weighted by atomic mass is 10.1. The van der Waals surface area contributed by atoms with Gasteiger partial charge in [-0.25, -0.2) is 4.98 Å². The first-order chi connectivity index (χ1) is 8.20. The highest BCUT2D eigenvalue weighted by Gasteiger charge is 2.12. The summed E-state index contributed by atoms with van der Waals surface area (Å²) in [4.78, 5) is 4.18. The maximum absolute atomic E-state index is 10.1. The monoisotopic (exact) mass is 249 g/mol. The molecule has 1 aromatic carbocycles. The number of hydrogen-bond acceptors (Lipinski definition) is 3. The highest BCUT2D eigenvalue weighted by Crippen LogP contribution is 2.23. The number of nitrogens with zero attached hydrogens (tertiary/aromatic N) is 1. The van der Waals surface area contributed by atoms with Crippen molar-refractivity contribution >= 4 is 11.6 Å². The molecule has 17 heavy (non-hydrogen) atoms. The molecule has 1 atom stereocenters. The van der Waals surface area contributed by atoms with Crippen molar-refractivity contribution < 1.29 is 9.84 Å². The van der Waals surface area contributed by atoms with Gasteiger partial charge in [0.05, 0.1) is 12.8 Å². The summed E-state index contributed by atoms with van der Waals surface area (Å²) < 4.78 is 5.02. The summed E-state index contributed by atoms with van der Waals surface area (Å²) in [6, 6.07) is 12.3. The smallest absolute Gasteiger partial charge is 0.213 e. The quantitative estimate of drug-likeness (QED) is 0.910. The molecular weight excluding hydrogens is 238 g/mol. The standard InChI is InChI=1S/C13H12ClNO2/c1-17-12-4-2-3-11(15-12)13(16)9-5-7-10(14)8-6-9/h2-8,13,16H,1H3. The van der Waals surface area contributed by atoms with E-state index in [2.05, 4.69) is 4.98 Å². The summed E-state index contributed by atoms with van der Waals surface area (Å²) in [6.45, 7) is 0. The van der Waals surface area contributed by atoms with Crippen LogP contribution in [0.25, 0.3) is 0 Å². The van der Waals surface area contributed by atoms with Crippen LogP contribution in [0, 0.1) is 0 Å². The lowest BCUT2D eigenvalue weighted by Crippen LogP contribution is -2.03. The van der Waals surface area contributed by atoms with Crippen molar-refractivity contribution in [3.8, 4) is 5.88 Å². The van der Waals surface area contributed by atoms with Crippen LogP contribution in [0.1, 0.15) is 17.4 Å². The van der Waals surface area contributed by atoms with E-state index in [0.717, 1.165) is 5.56 Å². The van der Waals surface area contributed by atoms with Gasteiger partial charge in [-0.1, -0.05) is 29.8 Å². The first-order valence-electron chi connectivity index (χ1n) is 5.15. The van der Waals surface area contributed by atoms with Gasteiger partial charge < -0.3 is 9.84 Å². The van der Waals surface area contributed by atoms with Crippen LogP contribution in [0.2, 0.25) is 5.02 Å². The van der Waals surface area contributed by atoms with E-state index in [4.69, 9.17) is 16.3 Å². The van der Waals surface area contributed by atoms with Crippen LogP contribution in [-0.2, 0) is 0 Å². The molecule has 0 radical (unpaired) electrons. The van der Waals surface area contributed by atoms with Gasteiger partial charge in [0.2, 0.25) is 5.88 Å². The number of aliphatic hydroxyl groups is 1. The Morgan fingerprint density at radius 3 is 2.53 bits per heavy atom. The molecule has 0 aliphatic rings. The van der Waals surface area contributed by atoms with Crippen molar-refractivity contribution in [2.24, 2.45) is 0 Å². The molecule has 88 valence electrons. The van der Waals surface area contributed by atoms with Gasteiger partial charge in [-0.15, -0.1) is 0 Å². The molecule has 1 aromatic heterocycles. The van der Waals surface area contributed by atoms with E-state index >= 15 is 0 Å². The molecule has 0 spiro atoms. The van der Waals surface area contributed by atoms with Crippen LogP contribution in [0.4, 0.5) is 0 Å². The molecule has 0 aliphatic heterocycles. The first kappa shape index (κ1) is 11.9. The van der Waals surface area contributed by atoms with Crippen molar-refractivity contribution in [3.63, 3.8) is 0 Å². The maximum atomic E-state index is 10.1. The lowest BCUT2D eigenvalue weighted by Gasteiger charge is -2.11. The van der Waals surface area contributed by atoms with E-state index in [-0.39, 0.29) is 0 Å². The minimum Gasteiger partial charge on any atom is -0.481 e. The summed E-state index contributed by atoms with van der Waals surface area (Å²) in [6.07, 6.45) is -0.776. The number of aliphatic hydroxyl groups excluding tert-OH is 1. The van der Waals surface area contributed by atoms with Crippen LogP contribution in [0.3, 0.4) is 0 Å². The highest BCUT2D eigenvalue weighted by molar-refractivity contribution is 6.30. The molecule has 0 amide bonds. The van der Waals surface area contributed by atoms with Gasteiger partial charge >= 0.3 is 0 Å². The fourth-order valence-corrected chi connectivity index (χ4v) is 1.64. The zero-order valence-corrected chi connectivity index (χ0v) is 10.1. The summed E-state index contributed by atoms with van der Waals surface area (Å²) >= 11 is 5.79. The van der Waals surface area contributed by atoms with E-state index in [1.807, 2.05) is 0 Å². The number of halogens is 1. The predicted molar refractivity (Wildman–Crippen MR) is 66.3 cm³/mol. The van der Waals surface area contributed by atoms with Crippen molar-refractivity contribution in [1.82, 2.24) is 4.98 Å². The van der Waals surface area contributed by atoms with E-state index in [1.54, 1.807) is 49.6 Å². The van der Waals surface area contributed by atoms with E-state index in [9.17, 15) is 5.11 Å². The summed E-state index contributed by atoms with van der Waals surface area (Å²) in [7, 11) is 1.54. The molecule has 1 N–H and O–H groups in total. The van der Waals surface area contributed by atoms with Crippen LogP contribution >= 0.6 is 11.6 Å². The Bertz CT molecular complexity index is 499. The number of methoxy groups -OCH3 is 1. The molecule has 4 heteroatoms. The second-order valence-electron chi connectivity index (χ2n) is 3.56. The number of aromatic nitrogens is 1. The zero-order valence-electron chi connectivity index (χ0n) is 9.30. The van der Waals surface area contributed by atoms with Crippen LogP contribution in [0.15, 0.2) is 42.5 Å². The van der Waals surface area contributed by atoms with E-state index < -0.39 is 6.10 Å². The molecule has 0 bridgehead atoms. The summed E-state index contributed by atoms with van der Waals surface area (Å²) in [5.74, 6) is 0.482. The average molecular weight is 250 g/mol. The minimum atomic E-state index is -0.776. The van der Waals surface area contributed by atoms with Crippen molar-refractivity contribution in [1.29, 1.82) is 0 Å². The van der Waals surface area contributed by atoms with Gasteiger partial charge in [-0.2, -0.15) is 0 Å². The molecule has 1 heterocycles. The number of rotatable bonds is 3. The SMILES string of the molecule is COc1cccc(C(O)c2ccc(Cl)cc2)n1. The van der Waals surface area contributed by atoms with Gasteiger partial charge in [0.1, 0.15) is 6.10 Å². The van der Waals surface area contributed by atoms with Crippen molar-refractivity contribution in [3.05, 3.63) is 58.7 Å². The summed E-state index contributed by atoms with van der Waals surface area (Å²) in [5.41, 5.74) is 1.29. The second-order valence-corrected chi connectivity index (χ2v) is 4.00. The molecule has 3 nitrogen and oxygen atoms in total. The Balaban J connectivity index is 2.29. The van der Waals surface area contributed by atoms with Crippen LogP contribution < -0.4 is 4.74 Å². The third kappa shape index (κ3) is 2.75. The predicted octanol–water partition coefficient (Wildman–Crippen LogP) is 2.83. The normalized spacial score (nSPS) is 12.2. The molecule has 0 aliphatic carbocycles. The Labute approximate surface area is 105 Å². The van der Waals surface area contributed by atoms with Gasteiger partial charge in [0.25, 0.3) is 0 Å². The van der Waals surface area contributed by atoms with Gasteiger partial charge in [0.15, 0.2) is 0 Å². The molecule has 1 unspecified atom stereocenters. The fraction of sp³-hybridized carbons (Fsp3) is 0.154. The van der Waals surface area contributed by atoms with Crippen LogP contribution in [-0.4, -0.2) is 17.2 Å². The maximum Gasteiger partial charge on any atom is 0.213 e. The Hall–Kier alpha value is -1.58. The van der Waals surface area contributed by atoms with Gasteiger partial charge in [-0.05, 0) is 23.8 Å². The molecule has 2 aromatic rings. The van der Waals surface area contributed by atoms with Crippen molar-refractivity contribution in [2.75, 3.05) is 7.11 Å².